The predicted octanol–water partition coefficient (Wildman–Crippen LogP) is 0.312. The lowest BCUT2D eigenvalue weighted by Gasteiger charge is -2.09. The van der Waals surface area contributed by atoms with Gasteiger partial charge < -0.3 is 10.2 Å². The van der Waals surface area contributed by atoms with E-state index in [2.05, 4.69) is 0 Å². The fourth-order valence-electron chi connectivity index (χ4n) is 1.39. The third kappa shape index (κ3) is 2.72. The second-order valence-corrected chi connectivity index (χ2v) is 3.27. The van der Waals surface area contributed by atoms with Crippen molar-refractivity contribution in [2.45, 2.75) is 0 Å². The molecule has 0 fully saturated rings. The molecule has 8 nitrogen and oxygen atoms in total. The number of nitrogens with one attached hydrogen (secondary N) is 1. The highest BCUT2D eigenvalue weighted by molar-refractivity contribution is 6.12. The van der Waals surface area contributed by atoms with Crippen LogP contribution in [0, 0.1) is 0 Å². The van der Waals surface area contributed by atoms with Gasteiger partial charge in [0.05, 0.1) is 22.3 Å². The van der Waals surface area contributed by atoms with Gasteiger partial charge in [-0.1, -0.05) is 0 Å². The van der Waals surface area contributed by atoms with Crippen molar-refractivity contribution in [3.05, 3.63) is 34.4 Å². The third-order valence-electron chi connectivity index (χ3n) is 2.15. The largest absolute Gasteiger partial charge is 0.478 e. The molecule has 0 saturated carbocycles. The number of hydroxylamine groups is 1. The molecule has 9 heteroatoms. The number of aromatic carboxylic acids is 2. The van der Waals surface area contributed by atoms with Crippen molar-refractivity contribution in [2.75, 3.05) is 0 Å². The summed E-state index contributed by atoms with van der Waals surface area (Å²) in [5, 5.41) is 26.1. The second kappa shape index (κ2) is 5.23. The molecule has 0 aliphatic heterocycles. The van der Waals surface area contributed by atoms with Crippen molar-refractivity contribution in [2.24, 2.45) is 0 Å². The first-order valence-corrected chi connectivity index (χ1v) is 4.58. The summed E-state index contributed by atoms with van der Waals surface area (Å²) in [6.45, 7) is 0. The van der Waals surface area contributed by atoms with Crippen LogP contribution < -0.4 is 5.48 Å². The van der Waals surface area contributed by atoms with Crippen LogP contribution in [-0.2, 0) is 0 Å². The molecule has 1 amide bonds. The van der Waals surface area contributed by atoms with Gasteiger partial charge >= 0.3 is 18.0 Å². The number of carboxylic acid groups (broad SMARTS) is 2. The molecular weight excluding hydrogens is 265 g/mol. The van der Waals surface area contributed by atoms with E-state index in [9.17, 15) is 23.6 Å². The van der Waals surface area contributed by atoms with Crippen LogP contribution in [0.4, 0.5) is 4.39 Å². The molecule has 0 atom stereocenters. The summed E-state index contributed by atoms with van der Waals surface area (Å²) in [7, 11) is 0. The Morgan fingerprint density at radius 3 is 1.68 bits per heavy atom. The van der Waals surface area contributed by atoms with Crippen molar-refractivity contribution < 1.29 is 39.0 Å². The van der Waals surface area contributed by atoms with Crippen LogP contribution in [0.25, 0.3) is 0 Å². The summed E-state index contributed by atoms with van der Waals surface area (Å²) in [6, 6.07) is -1.05. The monoisotopic (exact) mass is 271 g/mol. The standard InChI is InChI=1S/C10H6FNO7/c11-7(13)3-1-4(9(15)16)6(8(14)12-19)5(2-3)10(17)18/h1-2,19H,(H,12,14)(H,15,16)(H,17,18). The molecule has 0 bridgehead atoms. The van der Waals surface area contributed by atoms with Gasteiger partial charge in [-0.3, -0.25) is 14.8 Å². The van der Waals surface area contributed by atoms with E-state index in [-0.39, 0.29) is 0 Å². The summed E-state index contributed by atoms with van der Waals surface area (Å²) < 4.78 is 12.6. The first kappa shape index (κ1) is 14.3. The van der Waals surface area contributed by atoms with Crippen LogP contribution in [0.15, 0.2) is 12.1 Å². The topological polar surface area (TPSA) is 141 Å². The van der Waals surface area contributed by atoms with Gasteiger partial charge in [-0.15, -0.1) is 0 Å². The molecular formula is C10H6FNO7. The Morgan fingerprint density at radius 1 is 1.00 bits per heavy atom. The van der Waals surface area contributed by atoms with Crippen LogP contribution in [0.1, 0.15) is 41.4 Å². The lowest BCUT2D eigenvalue weighted by Crippen LogP contribution is -2.25. The molecule has 0 aromatic heterocycles. The van der Waals surface area contributed by atoms with Gasteiger partial charge in [-0.25, -0.2) is 15.1 Å². The highest BCUT2D eigenvalue weighted by Gasteiger charge is 2.26. The first-order chi connectivity index (χ1) is 8.79. The lowest BCUT2D eigenvalue weighted by atomic mass is 9.97. The Labute approximate surface area is 104 Å². The van der Waals surface area contributed by atoms with Crippen molar-refractivity contribution in [3.63, 3.8) is 0 Å². The van der Waals surface area contributed by atoms with Crippen molar-refractivity contribution >= 4 is 23.9 Å². The molecule has 0 aliphatic carbocycles. The van der Waals surface area contributed by atoms with Gasteiger partial charge in [0.2, 0.25) is 0 Å². The molecule has 0 aliphatic rings. The number of carbonyl (C=O) groups excluding carboxylic acids is 2. The minimum Gasteiger partial charge on any atom is -0.478 e. The normalized spacial score (nSPS) is 9.79. The number of rotatable bonds is 4. The summed E-state index contributed by atoms with van der Waals surface area (Å²) >= 11 is 0. The zero-order chi connectivity index (χ0) is 14.7. The SMILES string of the molecule is O=C(F)c1cc(C(=O)O)c(C(=O)NO)c(C(=O)O)c1. The maximum atomic E-state index is 12.6. The number of carboxylic acids is 2. The Bertz CT molecular complexity index is 561. The van der Waals surface area contributed by atoms with Crippen LogP contribution in [0.2, 0.25) is 0 Å². The van der Waals surface area contributed by atoms with E-state index in [4.69, 9.17) is 15.4 Å². The molecule has 0 saturated heterocycles. The number of hydrogen-bond acceptors (Lipinski definition) is 5. The Morgan fingerprint density at radius 2 is 1.42 bits per heavy atom. The van der Waals surface area contributed by atoms with E-state index in [0.717, 1.165) is 5.48 Å². The van der Waals surface area contributed by atoms with Crippen molar-refractivity contribution in [1.29, 1.82) is 0 Å². The minimum absolute atomic E-state index is 0.502. The zero-order valence-electron chi connectivity index (χ0n) is 9.01. The van der Waals surface area contributed by atoms with E-state index in [1.165, 1.54) is 0 Å². The van der Waals surface area contributed by atoms with Gasteiger partial charge in [-0.05, 0) is 12.1 Å². The Hall–Kier alpha value is -2.81. The average molecular weight is 271 g/mol. The van der Waals surface area contributed by atoms with E-state index in [1.54, 1.807) is 0 Å². The molecule has 1 rings (SSSR count). The van der Waals surface area contributed by atoms with Gasteiger partial charge in [0, 0.05) is 0 Å². The maximum Gasteiger partial charge on any atom is 0.336 e. The maximum absolute atomic E-state index is 12.6. The quantitative estimate of drug-likeness (QED) is 0.351. The van der Waals surface area contributed by atoms with Gasteiger partial charge in [0.1, 0.15) is 0 Å². The molecule has 4 N–H and O–H groups in total. The van der Waals surface area contributed by atoms with Crippen molar-refractivity contribution in [1.82, 2.24) is 5.48 Å². The average Bonchev–Trinajstić information content (AvgIpc) is 2.35. The number of hydrogen-bond donors (Lipinski definition) is 4. The van der Waals surface area contributed by atoms with Gasteiger partial charge in [0.25, 0.3) is 5.91 Å². The second-order valence-electron chi connectivity index (χ2n) is 3.27. The van der Waals surface area contributed by atoms with E-state index >= 15 is 0 Å². The fraction of sp³-hybridized carbons (Fsp3) is 0. The predicted molar refractivity (Wildman–Crippen MR) is 55.1 cm³/mol. The molecule has 0 radical (unpaired) electrons. The lowest BCUT2D eigenvalue weighted by molar-refractivity contribution is 0.0646. The number of carbonyl (C=O) groups is 4. The Kier molecular flexibility index (Phi) is 3.92. The van der Waals surface area contributed by atoms with E-state index < -0.39 is 46.1 Å². The number of halogens is 1. The minimum atomic E-state index is -2.05. The molecule has 1 aromatic carbocycles. The smallest absolute Gasteiger partial charge is 0.336 e. The summed E-state index contributed by atoms with van der Waals surface area (Å²) in [5.41, 5.74) is -2.50. The third-order valence-corrected chi connectivity index (χ3v) is 2.15. The highest BCUT2D eigenvalue weighted by Crippen LogP contribution is 2.19. The van der Waals surface area contributed by atoms with Crippen LogP contribution in [-0.4, -0.2) is 39.3 Å². The fourth-order valence-corrected chi connectivity index (χ4v) is 1.39. The van der Waals surface area contributed by atoms with E-state index in [0.29, 0.717) is 12.1 Å². The molecule has 0 spiro atoms. The van der Waals surface area contributed by atoms with Crippen LogP contribution in [0.5, 0.6) is 0 Å². The molecule has 0 unspecified atom stereocenters. The van der Waals surface area contributed by atoms with Crippen LogP contribution in [0.3, 0.4) is 0 Å². The number of benzene rings is 1. The van der Waals surface area contributed by atoms with Crippen molar-refractivity contribution in [3.8, 4) is 0 Å². The molecule has 100 valence electrons. The first-order valence-electron chi connectivity index (χ1n) is 4.58. The van der Waals surface area contributed by atoms with Gasteiger partial charge in [-0.2, -0.15) is 4.39 Å². The van der Waals surface area contributed by atoms with Gasteiger partial charge in [0.15, 0.2) is 0 Å². The molecule has 0 heterocycles. The van der Waals surface area contributed by atoms with E-state index in [1.807, 2.05) is 0 Å². The summed E-state index contributed by atoms with van der Waals surface area (Å²) in [5.74, 6) is -4.93. The zero-order valence-corrected chi connectivity index (χ0v) is 9.01. The highest BCUT2D eigenvalue weighted by atomic mass is 19.1. The number of amides is 1. The molecule has 19 heavy (non-hydrogen) atoms. The molecule has 1 aromatic rings. The summed E-state index contributed by atoms with van der Waals surface area (Å²) in [6.07, 6.45) is 0. The Balaban J connectivity index is 3.75. The van der Waals surface area contributed by atoms with Crippen LogP contribution >= 0.6 is 0 Å². The summed E-state index contributed by atoms with van der Waals surface area (Å²) in [4.78, 5) is 43.6.